The Bertz CT molecular complexity index is 508. The molecule has 3 rings (SSSR count). The molecule has 0 amide bonds. The van der Waals surface area contributed by atoms with Gasteiger partial charge in [0.2, 0.25) is 0 Å². The molecular weight excluding hydrogens is 305 g/mol. The van der Waals surface area contributed by atoms with Crippen LogP contribution in [0, 0.1) is 5.92 Å². The summed E-state index contributed by atoms with van der Waals surface area (Å²) >= 11 is 12.3. The Morgan fingerprint density at radius 1 is 1.24 bits per heavy atom. The van der Waals surface area contributed by atoms with Crippen molar-refractivity contribution in [2.75, 3.05) is 20.3 Å². The third-order valence-corrected chi connectivity index (χ3v) is 6.06. The third-order valence-electron chi connectivity index (χ3n) is 5.32. The summed E-state index contributed by atoms with van der Waals surface area (Å²) < 4.78 is 5.79. The van der Waals surface area contributed by atoms with E-state index in [9.17, 15) is 0 Å². The van der Waals surface area contributed by atoms with E-state index in [2.05, 4.69) is 31.0 Å². The van der Waals surface area contributed by atoms with E-state index in [4.69, 9.17) is 27.9 Å². The lowest BCUT2D eigenvalue weighted by molar-refractivity contribution is 0.0253. The van der Waals surface area contributed by atoms with Crippen LogP contribution in [0.4, 0.5) is 0 Å². The quantitative estimate of drug-likeness (QED) is 0.801. The molecule has 0 aromatic heterocycles. The van der Waals surface area contributed by atoms with E-state index in [-0.39, 0.29) is 0 Å². The lowest BCUT2D eigenvalue weighted by Crippen LogP contribution is -2.47. The Kier molecular flexibility index (Phi) is 4.80. The number of hydrogen-bond donors (Lipinski definition) is 0. The highest BCUT2D eigenvalue weighted by Gasteiger charge is 2.45. The Labute approximate surface area is 137 Å². The molecule has 2 aliphatic heterocycles. The van der Waals surface area contributed by atoms with Gasteiger partial charge in [0.15, 0.2) is 0 Å². The fourth-order valence-electron chi connectivity index (χ4n) is 4.18. The zero-order chi connectivity index (χ0) is 15.0. The lowest BCUT2D eigenvalue weighted by Gasteiger charge is -2.43. The first-order valence-electron chi connectivity index (χ1n) is 7.86. The second kappa shape index (κ2) is 6.45. The predicted molar refractivity (Wildman–Crippen MR) is 88.4 cm³/mol. The number of piperidine rings is 1. The largest absolute Gasteiger partial charge is 0.381 e. The van der Waals surface area contributed by atoms with Crippen molar-refractivity contribution in [3.63, 3.8) is 0 Å². The summed E-state index contributed by atoms with van der Waals surface area (Å²) in [6.45, 7) is 3.69. The maximum Gasteiger partial charge on any atom is 0.0595 e. The number of rotatable bonds is 4. The van der Waals surface area contributed by atoms with Crippen LogP contribution in [0.2, 0.25) is 10.0 Å². The van der Waals surface area contributed by atoms with Crippen LogP contribution in [-0.2, 0) is 4.74 Å². The van der Waals surface area contributed by atoms with Gasteiger partial charge in [-0.1, -0.05) is 29.3 Å². The lowest BCUT2D eigenvalue weighted by atomic mass is 9.76. The van der Waals surface area contributed by atoms with Crippen LogP contribution in [0.25, 0.3) is 0 Å². The summed E-state index contributed by atoms with van der Waals surface area (Å²) in [6, 6.07) is 7.46. The van der Waals surface area contributed by atoms with Crippen molar-refractivity contribution < 1.29 is 4.74 Å². The van der Waals surface area contributed by atoms with Crippen molar-refractivity contribution >= 4 is 23.2 Å². The highest BCUT2D eigenvalue weighted by Crippen LogP contribution is 2.46. The molecule has 2 saturated heterocycles. The van der Waals surface area contributed by atoms with Gasteiger partial charge in [0, 0.05) is 24.6 Å². The Balaban J connectivity index is 1.88. The second-order valence-corrected chi connectivity index (χ2v) is 7.12. The molecule has 0 N–H and O–H groups in total. The van der Waals surface area contributed by atoms with Crippen LogP contribution in [0.1, 0.15) is 37.7 Å². The highest BCUT2D eigenvalue weighted by molar-refractivity contribution is 6.42. The van der Waals surface area contributed by atoms with E-state index in [1.54, 1.807) is 0 Å². The molecule has 2 bridgehead atoms. The molecule has 2 heterocycles. The Hall–Kier alpha value is -0.280. The standard InChI is InChI=1S/C17H23Cl2NO/c1-3-21-10-14-13(9-12-5-7-17(14)20(12)2)11-4-6-15(18)16(19)8-11/h4,6,8,12-14,17H,3,5,7,9-10H2,1-2H3/t12-,13+,14?,17+/m0/s1. The predicted octanol–water partition coefficient (Wildman–Crippen LogP) is 4.60. The second-order valence-electron chi connectivity index (χ2n) is 6.30. The van der Waals surface area contributed by atoms with Gasteiger partial charge in [-0.3, -0.25) is 0 Å². The van der Waals surface area contributed by atoms with Gasteiger partial charge in [0.05, 0.1) is 16.7 Å². The minimum atomic E-state index is 0.528. The van der Waals surface area contributed by atoms with Crippen LogP contribution < -0.4 is 0 Å². The molecule has 1 aromatic rings. The van der Waals surface area contributed by atoms with Crippen LogP contribution in [-0.4, -0.2) is 37.2 Å². The van der Waals surface area contributed by atoms with Gasteiger partial charge in [0.25, 0.3) is 0 Å². The summed E-state index contributed by atoms with van der Waals surface area (Å²) in [5.41, 5.74) is 1.32. The number of halogens is 2. The monoisotopic (exact) mass is 327 g/mol. The summed E-state index contributed by atoms with van der Waals surface area (Å²) in [7, 11) is 2.27. The molecule has 1 aromatic carbocycles. The average molecular weight is 328 g/mol. The van der Waals surface area contributed by atoms with Gasteiger partial charge >= 0.3 is 0 Å². The zero-order valence-electron chi connectivity index (χ0n) is 12.7. The van der Waals surface area contributed by atoms with Gasteiger partial charge in [-0.25, -0.2) is 0 Å². The number of ether oxygens (including phenoxy) is 1. The fourth-order valence-corrected chi connectivity index (χ4v) is 4.49. The van der Waals surface area contributed by atoms with E-state index < -0.39 is 0 Å². The molecule has 0 spiro atoms. The molecule has 1 unspecified atom stereocenters. The van der Waals surface area contributed by atoms with Crippen molar-refractivity contribution in [1.82, 2.24) is 4.90 Å². The van der Waals surface area contributed by atoms with Gasteiger partial charge < -0.3 is 9.64 Å². The van der Waals surface area contributed by atoms with Crippen molar-refractivity contribution in [1.29, 1.82) is 0 Å². The molecule has 2 fully saturated rings. The van der Waals surface area contributed by atoms with Crippen molar-refractivity contribution in [2.45, 2.75) is 44.2 Å². The summed E-state index contributed by atoms with van der Waals surface area (Å²) in [4.78, 5) is 2.57. The van der Waals surface area contributed by atoms with Crippen molar-refractivity contribution in [3.05, 3.63) is 33.8 Å². The molecular formula is C17H23Cl2NO. The van der Waals surface area contributed by atoms with E-state index >= 15 is 0 Å². The fraction of sp³-hybridized carbons (Fsp3) is 0.647. The molecule has 2 aliphatic rings. The molecule has 0 aliphatic carbocycles. The van der Waals surface area contributed by atoms with Crippen LogP contribution >= 0.6 is 23.2 Å². The molecule has 2 nitrogen and oxygen atoms in total. The van der Waals surface area contributed by atoms with Gasteiger partial charge in [-0.2, -0.15) is 0 Å². The first-order chi connectivity index (χ1) is 10.1. The van der Waals surface area contributed by atoms with E-state index in [1.807, 2.05) is 6.07 Å². The van der Waals surface area contributed by atoms with Crippen molar-refractivity contribution in [3.8, 4) is 0 Å². The summed E-state index contributed by atoms with van der Waals surface area (Å²) in [6.07, 6.45) is 3.79. The maximum absolute atomic E-state index is 6.23. The van der Waals surface area contributed by atoms with Crippen molar-refractivity contribution in [2.24, 2.45) is 5.92 Å². The van der Waals surface area contributed by atoms with Gasteiger partial charge in [0.1, 0.15) is 0 Å². The molecule has 21 heavy (non-hydrogen) atoms. The Morgan fingerprint density at radius 3 is 2.76 bits per heavy atom. The molecule has 0 saturated carbocycles. The molecule has 0 radical (unpaired) electrons. The van der Waals surface area contributed by atoms with Crippen LogP contribution in [0.3, 0.4) is 0 Å². The SMILES string of the molecule is CCOCC1[C@@H](c2ccc(Cl)c(Cl)c2)C[C@@H]2CC[C@H]1N2C. The smallest absolute Gasteiger partial charge is 0.0595 e. The average Bonchev–Trinajstić information content (AvgIpc) is 2.72. The Morgan fingerprint density at radius 2 is 2.05 bits per heavy atom. The minimum absolute atomic E-state index is 0.528. The first-order valence-corrected chi connectivity index (χ1v) is 8.62. The van der Waals surface area contributed by atoms with E-state index in [0.717, 1.165) is 13.2 Å². The molecule has 4 atom stereocenters. The summed E-state index contributed by atoms with van der Waals surface area (Å²) in [5, 5.41) is 1.30. The number of fused-ring (bicyclic) bond motifs is 2. The highest BCUT2D eigenvalue weighted by atomic mass is 35.5. The van der Waals surface area contributed by atoms with Gasteiger partial charge in [-0.15, -0.1) is 0 Å². The third kappa shape index (κ3) is 2.96. The number of hydrogen-bond acceptors (Lipinski definition) is 2. The van der Waals surface area contributed by atoms with Gasteiger partial charge in [-0.05, 0) is 56.8 Å². The summed E-state index contributed by atoms with van der Waals surface area (Å²) in [5.74, 6) is 1.07. The molecule has 4 heteroatoms. The number of nitrogens with zero attached hydrogens (tertiary/aromatic N) is 1. The van der Waals surface area contributed by atoms with E-state index in [0.29, 0.717) is 34.0 Å². The molecule has 116 valence electrons. The van der Waals surface area contributed by atoms with Crippen LogP contribution in [0.15, 0.2) is 18.2 Å². The topological polar surface area (TPSA) is 12.5 Å². The normalized spacial score (nSPS) is 32.6. The zero-order valence-corrected chi connectivity index (χ0v) is 14.2. The van der Waals surface area contributed by atoms with Crippen LogP contribution in [0.5, 0.6) is 0 Å². The maximum atomic E-state index is 6.23. The number of benzene rings is 1. The van der Waals surface area contributed by atoms with E-state index in [1.165, 1.54) is 24.8 Å². The minimum Gasteiger partial charge on any atom is -0.381 e. The first kappa shape index (κ1) is 15.6.